The number of halogens is 1. The molecule has 0 saturated carbocycles. The second-order valence-electron chi connectivity index (χ2n) is 7.41. The van der Waals surface area contributed by atoms with Crippen LogP contribution in [0, 0.1) is 0 Å². The molecule has 0 fully saturated rings. The van der Waals surface area contributed by atoms with Crippen molar-refractivity contribution in [2.75, 3.05) is 17.2 Å². The number of carbonyl (C=O) groups is 3. The number of fused-ring (bicyclic) bond motifs is 3. The number of benzene rings is 2. The Balaban J connectivity index is 1.66. The van der Waals surface area contributed by atoms with Crippen LogP contribution in [0.5, 0.6) is 0 Å². The first kappa shape index (κ1) is 20.0. The van der Waals surface area contributed by atoms with Gasteiger partial charge in [-0.1, -0.05) is 11.6 Å². The quantitative estimate of drug-likeness (QED) is 0.594. The zero-order valence-corrected chi connectivity index (χ0v) is 17.4. The summed E-state index contributed by atoms with van der Waals surface area (Å²) in [5.41, 5.74) is 4.47. The highest BCUT2D eigenvalue weighted by molar-refractivity contribution is 6.31. The number of H-pyrrole nitrogens is 1. The zero-order chi connectivity index (χ0) is 21.4. The second kappa shape index (κ2) is 7.84. The van der Waals surface area contributed by atoms with Gasteiger partial charge in [-0.15, -0.1) is 0 Å². The molecule has 3 aromatic rings. The lowest BCUT2D eigenvalue weighted by atomic mass is 10.0. The minimum absolute atomic E-state index is 0.171. The maximum atomic E-state index is 13.3. The molecule has 0 bridgehead atoms. The van der Waals surface area contributed by atoms with Crippen LogP contribution in [0.2, 0.25) is 5.02 Å². The van der Waals surface area contributed by atoms with Crippen LogP contribution in [0.15, 0.2) is 36.4 Å². The van der Waals surface area contributed by atoms with Crippen LogP contribution in [-0.2, 0) is 22.6 Å². The Morgan fingerprint density at radius 2 is 1.67 bits per heavy atom. The molecule has 7 nitrogen and oxygen atoms in total. The molecule has 0 saturated heterocycles. The molecule has 2 aromatic carbocycles. The highest BCUT2D eigenvalue weighted by Gasteiger charge is 2.25. The SMILES string of the molecule is CC(=O)Nc1cc(NC(C)=O)cc(C(=O)N2CCc3[nH]c4ccc(Cl)cc4c3C2)c1. The summed E-state index contributed by atoms with van der Waals surface area (Å²) in [6.45, 7) is 3.79. The number of carbonyl (C=O) groups excluding carboxylic acids is 3. The average Bonchev–Trinajstić information content (AvgIpc) is 3.03. The van der Waals surface area contributed by atoms with Gasteiger partial charge in [0.15, 0.2) is 0 Å². The molecule has 4 rings (SSSR count). The lowest BCUT2D eigenvalue weighted by molar-refractivity contribution is -0.115. The lowest BCUT2D eigenvalue weighted by Crippen LogP contribution is -2.35. The summed E-state index contributed by atoms with van der Waals surface area (Å²) in [6, 6.07) is 10.6. The smallest absolute Gasteiger partial charge is 0.254 e. The molecule has 30 heavy (non-hydrogen) atoms. The largest absolute Gasteiger partial charge is 0.358 e. The maximum Gasteiger partial charge on any atom is 0.254 e. The number of aromatic amines is 1. The van der Waals surface area contributed by atoms with E-state index < -0.39 is 0 Å². The summed E-state index contributed by atoms with van der Waals surface area (Å²) in [5, 5.41) is 7.02. The molecule has 1 aliphatic heterocycles. The van der Waals surface area contributed by atoms with Gasteiger partial charge in [0.25, 0.3) is 5.91 Å². The number of anilines is 2. The first-order chi connectivity index (χ1) is 14.3. The van der Waals surface area contributed by atoms with Crippen molar-refractivity contribution in [3.63, 3.8) is 0 Å². The number of rotatable bonds is 3. The highest BCUT2D eigenvalue weighted by atomic mass is 35.5. The van der Waals surface area contributed by atoms with E-state index in [1.165, 1.54) is 13.8 Å². The Labute approximate surface area is 178 Å². The van der Waals surface area contributed by atoms with E-state index in [4.69, 9.17) is 11.6 Å². The molecule has 0 aliphatic carbocycles. The zero-order valence-electron chi connectivity index (χ0n) is 16.6. The normalized spacial score (nSPS) is 13.1. The number of nitrogens with one attached hydrogen (secondary N) is 3. The van der Waals surface area contributed by atoms with Crippen LogP contribution in [0.25, 0.3) is 10.9 Å². The number of amides is 3. The topological polar surface area (TPSA) is 94.3 Å². The van der Waals surface area contributed by atoms with Gasteiger partial charge in [0.1, 0.15) is 0 Å². The molecule has 1 aliphatic rings. The number of aromatic nitrogens is 1. The molecule has 0 radical (unpaired) electrons. The monoisotopic (exact) mass is 424 g/mol. The van der Waals surface area contributed by atoms with E-state index in [0.29, 0.717) is 41.5 Å². The third-order valence-electron chi connectivity index (χ3n) is 5.05. The summed E-state index contributed by atoms with van der Waals surface area (Å²) in [5.74, 6) is -0.686. The predicted molar refractivity (Wildman–Crippen MR) is 117 cm³/mol. The molecule has 0 unspecified atom stereocenters. The first-order valence-electron chi connectivity index (χ1n) is 9.58. The molecule has 3 N–H and O–H groups in total. The van der Waals surface area contributed by atoms with Crippen molar-refractivity contribution in [2.24, 2.45) is 0 Å². The fourth-order valence-corrected chi connectivity index (χ4v) is 4.02. The standard InChI is InChI=1S/C22H21ClN4O3/c1-12(28)24-16-7-14(8-17(10-16)25-13(2)29)22(30)27-6-5-21-19(11-27)18-9-15(23)3-4-20(18)26-21/h3-4,7-10,26H,5-6,11H2,1-2H3,(H,24,28)(H,25,29). The van der Waals surface area contributed by atoms with E-state index in [1.54, 1.807) is 23.1 Å². The van der Waals surface area contributed by atoms with E-state index >= 15 is 0 Å². The Morgan fingerprint density at radius 1 is 1.00 bits per heavy atom. The number of hydrogen-bond acceptors (Lipinski definition) is 3. The van der Waals surface area contributed by atoms with Gasteiger partial charge in [-0.05, 0) is 36.4 Å². The number of hydrogen-bond donors (Lipinski definition) is 3. The predicted octanol–water partition coefficient (Wildman–Crippen LogP) is 3.94. The second-order valence-corrected chi connectivity index (χ2v) is 7.85. The van der Waals surface area contributed by atoms with Crippen molar-refractivity contribution in [2.45, 2.75) is 26.8 Å². The van der Waals surface area contributed by atoms with Gasteiger partial charge in [0.05, 0.1) is 0 Å². The minimum Gasteiger partial charge on any atom is -0.358 e. The van der Waals surface area contributed by atoms with Crippen molar-refractivity contribution in [3.8, 4) is 0 Å². The van der Waals surface area contributed by atoms with Crippen LogP contribution in [0.3, 0.4) is 0 Å². The van der Waals surface area contributed by atoms with Gasteiger partial charge in [-0.3, -0.25) is 14.4 Å². The van der Waals surface area contributed by atoms with Crippen LogP contribution in [0.1, 0.15) is 35.5 Å². The van der Waals surface area contributed by atoms with Crippen molar-refractivity contribution >= 4 is 51.6 Å². The van der Waals surface area contributed by atoms with Crippen molar-refractivity contribution in [3.05, 3.63) is 58.2 Å². The van der Waals surface area contributed by atoms with E-state index in [1.807, 2.05) is 18.2 Å². The lowest BCUT2D eigenvalue weighted by Gasteiger charge is -2.27. The fourth-order valence-electron chi connectivity index (χ4n) is 3.84. The Morgan fingerprint density at radius 3 is 2.30 bits per heavy atom. The van der Waals surface area contributed by atoms with Crippen molar-refractivity contribution in [1.29, 1.82) is 0 Å². The molecular weight excluding hydrogens is 404 g/mol. The third kappa shape index (κ3) is 4.02. The van der Waals surface area contributed by atoms with Gasteiger partial charge in [-0.2, -0.15) is 0 Å². The van der Waals surface area contributed by atoms with Gasteiger partial charge >= 0.3 is 0 Å². The van der Waals surface area contributed by atoms with Gasteiger partial charge in [0.2, 0.25) is 11.8 Å². The van der Waals surface area contributed by atoms with Crippen LogP contribution >= 0.6 is 11.6 Å². The van der Waals surface area contributed by atoms with Gasteiger partial charge in [-0.25, -0.2) is 0 Å². The first-order valence-corrected chi connectivity index (χ1v) is 9.96. The third-order valence-corrected chi connectivity index (χ3v) is 5.28. The molecule has 1 aromatic heterocycles. The van der Waals surface area contributed by atoms with Gasteiger partial charge in [0, 0.05) is 77.5 Å². The molecule has 154 valence electrons. The highest BCUT2D eigenvalue weighted by Crippen LogP contribution is 2.31. The molecular formula is C22H21ClN4O3. The maximum absolute atomic E-state index is 13.3. The van der Waals surface area contributed by atoms with Crippen LogP contribution < -0.4 is 10.6 Å². The summed E-state index contributed by atoms with van der Waals surface area (Å²) in [7, 11) is 0. The Kier molecular flexibility index (Phi) is 5.22. The molecule has 0 atom stereocenters. The summed E-state index contributed by atoms with van der Waals surface area (Å²) in [6.07, 6.45) is 0.706. The van der Waals surface area contributed by atoms with E-state index in [9.17, 15) is 14.4 Å². The average molecular weight is 425 g/mol. The Hall–Kier alpha value is -3.32. The van der Waals surface area contributed by atoms with Crippen LogP contribution in [-0.4, -0.2) is 34.2 Å². The molecule has 3 amide bonds. The van der Waals surface area contributed by atoms with Gasteiger partial charge < -0.3 is 20.5 Å². The fraction of sp³-hybridized carbons (Fsp3) is 0.227. The minimum atomic E-state index is -0.258. The molecule has 0 spiro atoms. The number of nitrogens with zero attached hydrogens (tertiary/aromatic N) is 1. The van der Waals surface area contributed by atoms with E-state index in [0.717, 1.165) is 22.2 Å². The summed E-state index contributed by atoms with van der Waals surface area (Å²) >= 11 is 6.17. The summed E-state index contributed by atoms with van der Waals surface area (Å²) < 4.78 is 0. The van der Waals surface area contributed by atoms with Crippen molar-refractivity contribution < 1.29 is 14.4 Å². The molecule has 2 heterocycles. The van der Waals surface area contributed by atoms with Crippen molar-refractivity contribution in [1.82, 2.24) is 9.88 Å². The Bertz CT molecular complexity index is 1150. The van der Waals surface area contributed by atoms with Crippen LogP contribution in [0.4, 0.5) is 11.4 Å². The van der Waals surface area contributed by atoms with E-state index in [-0.39, 0.29) is 17.7 Å². The summed E-state index contributed by atoms with van der Waals surface area (Å²) in [4.78, 5) is 41.4. The molecule has 8 heteroatoms. The van der Waals surface area contributed by atoms with E-state index in [2.05, 4.69) is 15.6 Å².